The van der Waals surface area contributed by atoms with Gasteiger partial charge in [-0.25, -0.2) is 4.39 Å². The van der Waals surface area contributed by atoms with Gasteiger partial charge in [0.2, 0.25) is 0 Å². The van der Waals surface area contributed by atoms with Gasteiger partial charge in [0.1, 0.15) is 18.2 Å². The van der Waals surface area contributed by atoms with Crippen LogP contribution in [-0.2, 0) is 4.79 Å². The van der Waals surface area contributed by atoms with Crippen molar-refractivity contribution < 1.29 is 23.8 Å². The molecule has 1 N–H and O–H groups in total. The SMILES string of the molecule is O=C(O)CCC(=O)c1ccc(OCCN2CCN(c3ccc(F)cc3)CC2)cc1. The molecule has 0 atom stereocenters. The van der Waals surface area contributed by atoms with Crippen LogP contribution in [0.2, 0.25) is 0 Å². The first kappa shape index (κ1) is 20.8. The summed E-state index contributed by atoms with van der Waals surface area (Å²) in [5, 5.41) is 8.65. The average molecular weight is 400 g/mol. The van der Waals surface area contributed by atoms with Gasteiger partial charge < -0.3 is 14.7 Å². The van der Waals surface area contributed by atoms with Gasteiger partial charge in [0, 0.05) is 50.4 Å². The number of aliphatic carboxylic acids is 1. The number of carboxylic acid groups (broad SMARTS) is 1. The van der Waals surface area contributed by atoms with Gasteiger partial charge in [-0.05, 0) is 48.5 Å². The molecular weight excluding hydrogens is 375 g/mol. The van der Waals surface area contributed by atoms with Crippen molar-refractivity contribution >= 4 is 17.4 Å². The molecule has 1 aliphatic rings. The van der Waals surface area contributed by atoms with Crippen molar-refractivity contribution in [3.8, 4) is 5.75 Å². The van der Waals surface area contributed by atoms with Gasteiger partial charge in [-0.1, -0.05) is 0 Å². The van der Waals surface area contributed by atoms with Gasteiger partial charge in [0.25, 0.3) is 0 Å². The van der Waals surface area contributed by atoms with Crippen LogP contribution >= 0.6 is 0 Å². The van der Waals surface area contributed by atoms with Gasteiger partial charge in [0.15, 0.2) is 5.78 Å². The van der Waals surface area contributed by atoms with E-state index in [0.29, 0.717) is 17.9 Å². The quantitative estimate of drug-likeness (QED) is 0.653. The Morgan fingerprint density at radius 3 is 2.21 bits per heavy atom. The zero-order chi connectivity index (χ0) is 20.6. The van der Waals surface area contributed by atoms with Crippen LogP contribution < -0.4 is 9.64 Å². The van der Waals surface area contributed by atoms with Gasteiger partial charge in [-0.3, -0.25) is 14.5 Å². The molecule has 0 bridgehead atoms. The molecule has 0 aliphatic carbocycles. The zero-order valence-corrected chi connectivity index (χ0v) is 16.2. The second-order valence-corrected chi connectivity index (χ2v) is 6.99. The minimum atomic E-state index is -0.975. The van der Waals surface area contributed by atoms with E-state index in [1.165, 1.54) is 12.1 Å². The molecule has 0 radical (unpaired) electrons. The van der Waals surface area contributed by atoms with Crippen molar-refractivity contribution in [3.63, 3.8) is 0 Å². The maximum absolute atomic E-state index is 13.0. The van der Waals surface area contributed by atoms with Crippen LogP contribution in [0.1, 0.15) is 23.2 Å². The number of benzene rings is 2. The summed E-state index contributed by atoms with van der Waals surface area (Å²) in [6.45, 7) is 4.95. The molecule has 2 aromatic carbocycles. The van der Waals surface area contributed by atoms with Crippen LogP contribution in [0, 0.1) is 5.82 Å². The van der Waals surface area contributed by atoms with Crippen molar-refractivity contribution in [2.45, 2.75) is 12.8 Å². The fourth-order valence-electron chi connectivity index (χ4n) is 3.28. The van der Waals surface area contributed by atoms with Gasteiger partial charge in [0.05, 0.1) is 6.42 Å². The van der Waals surface area contributed by atoms with Gasteiger partial charge >= 0.3 is 5.97 Å². The summed E-state index contributed by atoms with van der Waals surface area (Å²) in [6.07, 6.45) is -0.162. The Labute approximate surface area is 169 Å². The van der Waals surface area contributed by atoms with Crippen LogP contribution in [0.25, 0.3) is 0 Å². The van der Waals surface area contributed by atoms with Crippen molar-refractivity contribution in [2.75, 3.05) is 44.2 Å². The highest BCUT2D eigenvalue weighted by Gasteiger charge is 2.17. The highest BCUT2D eigenvalue weighted by atomic mass is 19.1. The molecule has 1 saturated heterocycles. The number of carbonyl (C=O) groups is 2. The molecule has 0 aromatic heterocycles. The molecule has 6 nitrogen and oxygen atoms in total. The summed E-state index contributed by atoms with van der Waals surface area (Å²) in [5.74, 6) is -0.693. The minimum Gasteiger partial charge on any atom is -0.492 e. The molecular formula is C22H25FN2O4. The van der Waals surface area contributed by atoms with Gasteiger partial charge in [-0.2, -0.15) is 0 Å². The number of halogens is 1. The van der Waals surface area contributed by atoms with E-state index in [-0.39, 0.29) is 24.4 Å². The predicted molar refractivity (Wildman–Crippen MR) is 108 cm³/mol. The summed E-state index contributed by atoms with van der Waals surface area (Å²) in [4.78, 5) is 27.0. The lowest BCUT2D eigenvalue weighted by Crippen LogP contribution is -2.47. The Kier molecular flexibility index (Phi) is 7.19. The first-order chi connectivity index (χ1) is 14.0. The number of rotatable bonds is 9. The number of hydrogen-bond acceptors (Lipinski definition) is 5. The van der Waals surface area contributed by atoms with Crippen LogP contribution in [0.15, 0.2) is 48.5 Å². The molecule has 0 spiro atoms. The smallest absolute Gasteiger partial charge is 0.303 e. The average Bonchev–Trinajstić information content (AvgIpc) is 2.73. The maximum Gasteiger partial charge on any atom is 0.303 e. The highest BCUT2D eigenvalue weighted by Crippen LogP contribution is 2.17. The summed E-state index contributed by atoms with van der Waals surface area (Å²) >= 11 is 0. The molecule has 3 rings (SSSR count). The molecule has 1 aliphatic heterocycles. The third kappa shape index (κ3) is 6.29. The Hall–Kier alpha value is -2.93. The minimum absolute atomic E-state index is 0.000559. The number of hydrogen-bond donors (Lipinski definition) is 1. The number of piperazine rings is 1. The van der Waals surface area contributed by atoms with E-state index in [1.54, 1.807) is 24.3 Å². The normalized spacial score (nSPS) is 14.6. The van der Waals surface area contributed by atoms with E-state index in [0.717, 1.165) is 38.4 Å². The maximum atomic E-state index is 13.0. The van der Waals surface area contributed by atoms with Crippen LogP contribution in [-0.4, -0.2) is 61.1 Å². The monoisotopic (exact) mass is 400 g/mol. The summed E-state index contributed by atoms with van der Waals surface area (Å²) in [5.41, 5.74) is 1.54. The van der Waals surface area contributed by atoms with Crippen LogP contribution in [0.3, 0.4) is 0 Å². The molecule has 7 heteroatoms. The number of carboxylic acids is 1. The van der Waals surface area contributed by atoms with Crippen molar-refractivity contribution in [2.24, 2.45) is 0 Å². The molecule has 0 amide bonds. The number of ketones is 1. The van der Waals surface area contributed by atoms with Gasteiger partial charge in [-0.15, -0.1) is 0 Å². The second kappa shape index (κ2) is 10.0. The lowest BCUT2D eigenvalue weighted by molar-refractivity contribution is -0.136. The van der Waals surface area contributed by atoms with E-state index in [2.05, 4.69) is 9.80 Å². The third-order valence-corrected chi connectivity index (χ3v) is 4.98. The van der Waals surface area contributed by atoms with Crippen LogP contribution in [0.5, 0.6) is 5.75 Å². The van der Waals surface area contributed by atoms with E-state index >= 15 is 0 Å². The molecule has 1 fully saturated rings. The predicted octanol–water partition coefficient (Wildman–Crippen LogP) is 3.07. The van der Waals surface area contributed by atoms with E-state index in [1.807, 2.05) is 12.1 Å². The van der Waals surface area contributed by atoms with Crippen molar-refractivity contribution in [3.05, 3.63) is 59.9 Å². The van der Waals surface area contributed by atoms with Crippen LogP contribution in [0.4, 0.5) is 10.1 Å². The molecule has 29 heavy (non-hydrogen) atoms. The van der Waals surface area contributed by atoms with E-state index in [4.69, 9.17) is 9.84 Å². The number of Topliss-reactive ketones (excluding diaryl/α,β-unsaturated/α-hetero) is 1. The lowest BCUT2D eigenvalue weighted by Gasteiger charge is -2.36. The zero-order valence-electron chi connectivity index (χ0n) is 16.2. The lowest BCUT2D eigenvalue weighted by atomic mass is 10.1. The summed E-state index contributed by atoms with van der Waals surface area (Å²) in [6, 6.07) is 13.4. The number of carbonyl (C=O) groups excluding carboxylic acids is 1. The molecule has 154 valence electrons. The first-order valence-corrected chi connectivity index (χ1v) is 9.72. The van der Waals surface area contributed by atoms with Crippen molar-refractivity contribution in [1.82, 2.24) is 4.90 Å². The largest absolute Gasteiger partial charge is 0.492 e. The highest BCUT2D eigenvalue weighted by molar-refractivity contribution is 5.97. The Morgan fingerprint density at radius 1 is 0.931 bits per heavy atom. The molecule has 0 unspecified atom stereocenters. The Balaban J connectivity index is 1.38. The fourth-order valence-corrected chi connectivity index (χ4v) is 3.28. The summed E-state index contributed by atoms with van der Waals surface area (Å²) in [7, 11) is 0. The molecule has 1 heterocycles. The second-order valence-electron chi connectivity index (χ2n) is 6.99. The molecule has 0 saturated carbocycles. The van der Waals surface area contributed by atoms with E-state index < -0.39 is 5.97 Å². The first-order valence-electron chi connectivity index (χ1n) is 9.72. The topological polar surface area (TPSA) is 70.1 Å². The molecule has 2 aromatic rings. The van der Waals surface area contributed by atoms with Crippen molar-refractivity contribution in [1.29, 1.82) is 0 Å². The van der Waals surface area contributed by atoms with E-state index in [9.17, 15) is 14.0 Å². The number of nitrogens with zero attached hydrogens (tertiary/aromatic N) is 2. The Bertz CT molecular complexity index is 816. The summed E-state index contributed by atoms with van der Waals surface area (Å²) < 4.78 is 18.8. The standard InChI is InChI=1S/C22H25FN2O4/c23-18-3-5-19(6-4-18)25-13-11-24(12-14-25)15-16-29-20-7-1-17(2-8-20)21(26)9-10-22(27)28/h1-8H,9-16H2,(H,27,28). The third-order valence-electron chi connectivity index (χ3n) is 4.98. The number of ether oxygens (including phenoxy) is 1. The number of anilines is 1. The fraction of sp³-hybridized carbons (Fsp3) is 0.364. The Morgan fingerprint density at radius 2 is 1.59 bits per heavy atom.